The molecule has 3 rings (SSSR count). The Balaban J connectivity index is 0.000000722. The molecule has 0 bridgehead atoms. The van der Waals surface area contributed by atoms with Crippen molar-refractivity contribution in [2.75, 3.05) is 0 Å². The summed E-state index contributed by atoms with van der Waals surface area (Å²) >= 11 is 0. The monoisotopic (exact) mass is 343 g/mol. The molecule has 0 aliphatic heterocycles. The maximum absolute atomic E-state index is 3.36. The molecular weight excluding hydrogens is 333 g/mol. The van der Waals surface area contributed by atoms with Crippen LogP contribution >= 0.6 is 0 Å². The number of aromatic nitrogens is 1. The molecule has 0 amide bonds. The molecule has 0 saturated carbocycles. The Bertz CT molecular complexity index is 556. The topological polar surface area (TPSA) is 15.8 Å². The van der Waals surface area contributed by atoms with E-state index in [1.54, 1.807) is 0 Å². The van der Waals surface area contributed by atoms with Crippen LogP contribution in [-0.4, -0.2) is 28.0 Å². The van der Waals surface area contributed by atoms with Gasteiger partial charge in [0.2, 0.25) is 0 Å². The second kappa shape index (κ2) is 6.42. The normalized spacial score (nSPS) is 9.41. The van der Waals surface area contributed by atoms with Gasteiger partial charge in [0.1, 0.15) is 0 Å². The summed E-state index contributed by atoms with van der Waals surface area (Å²) in [4.78, 5) is 3.36. The molecule has 0 aliphatic carbocycles. The first-order chi connectivity index (χ1) is 7.43. The molecule has 0 saturated heterocycles. The van der Waals surface area contributed by atoms with Gasteiger partial charge in [0, 0.05) is 0 Å². The van der Waals surface area contributed by atoms with Crippen LogP contribution in [0.15, 0.2) is 54.6 Å². The van der Waals surface area contributed by atoms with E-state index in [-0.39, 0.29) is 47.0 Å². The van der Waals surface area contributed by atoms with E-state index in [2.05, 4.69) is 35.3 Å². The summed E-state index contributed by atoms with van der Waals surface area (Å²) in [5, 5.41) is 1.14. The molecule has 0 radical (unpaired) electrons. The van der Waals surface area contributed by atoms with Gasteiger partial charge in [0.15, 0.2) is 0 Å². The first kappa shape index (κ1) is 14.5. The van der Waals surface area contributed by atoms with Crippen molar-refractivity contribution < 1.29 is 24.0 Å². The zero-order valence-electron chi connectivity index (χ0n) is 9.28. The second-order valence-corrected chi connectivity index (χ2v) is 3.54. The molecule has 2 aromatic carbocycles. The quantitative estimate of drug-likeness (QED) is 0.371. The zero-order valence-corrected chi connectivity index (χ0v) is 12.9. The van der Waals surface area contributed by atoms with Crippen molar-refractivity contribution in [3.63, 3.8) is 0 Å². The fourth-order valence-corrected chi connectivity index (χ4v) is 1.75. The van der Waals surface area contributed by atoms with Crippen molar-refractivity contribution in [1.29, 1.82) is 0 Å². The third kappa shape index (κ3) is 3.03. The van der Waals surface area contributed by atoms with Crippen LogP contribution in [-0.2, 0) is 0 Å². The van der Waals surface area contributed by atoms with Crippen LogP contribution in [0.25, 0.3) is 22.2 Å². The Hall–Kier alpha value is -0.524. The Morgan fingerprint density at radius 1 is 0.824 bits per heavy atom. The number of hydrogen-bond acceptors (Lipinski definition) is 0. The zero-order chi connectivity index (χ0) is 10.1. The molecule has 17 heavy (non-hydrogen) atoms. The Morgan fingerprint density at radius 3 is 2.18 bits per heavy atom. The number of hydrogen-bond donors (Lipinski definition) is 1. The Morgan fingerprint density at radius 2 is 1.47 bits per heavy atom. The summed E-state index contributed by atoms with van der Waals surface area (Å²) in [6, 6.07) is 21.8. The summed E-state index contributed by atoms with van der Waals surface area (Å²) in [6.45, 7) is 0. The number of rotatable bonds is 1. The third-order valence-electron chi connectivity index (χ3n) is 2.51. The van der Waals surface area contributed by atoms with Gasteiger partial charge in [-0.15, -0.1) is 23.6 Å². The molecule has 80 valence electrons. The van der Waals surface area contributed by atoms with E-state index in [1.165, 1.54) is 5.56 Å². The van der Waals surface area contributed by atoms with Crippen molar-refractivity contribution >= 4 is 34.0 Å². The van der Waals surface area contributed by atoms with Gasteiger partial charge in [0.05, 0.1) is 0 Å². The van der Waals surface area contributed by atoms with Gasteiger partial charge < -0.3 is 29.0 Å². The SMILES string of the molecule is [I-].[Mg+2].[c-]1c(-c2ccccc2)[nH]c2ccccc12. The van der Waals surface area contributed by atoms with Crippen molar-refractivity contribution in [3.8, 4) is 11.3 Å². The largest absolute Gasteiger partial charge is 2.00 e. The molecule has 0 spiro atoms. The van der Waals surface area contributed by atoms with Gasteiger partial charge >= 0.3 is 23.1 Å². The minimum Gasteiger partial charge on any atom is -1.00 e. The molecule has 0 fully saturated rings. The average molecular weight is 343 g/mol. The minimum atomic E-state index is 0. The molecule has 3 aromatic rings. The number of benzene rings is 2. The van der Waals surface area contributed by atoms with Gasteiger partial charge in [-0.25, -0.2) is 0 Å². The van der Waals surface area contributed by atoms with Crippen LogP contribution in [0.2, 0.25) is 0 Å². The number of fused-ring (bicyclic) bond motifs is 1. The molecule has 1 N–H and O–H groups in total. The number of halogens is 1. The van der Waals surface area contributed by atoms with Crippen molar-refractivity contribution in [2.24, 2.45) is 0 Å². The van der Waals surface area contributed by atoms with E-state index in [1.807, 2.05) is 30.3 Å². The van der Waals surface area contributed by atoms with E-state index in [4.69, 9.17) is 0 Å². The van der Waals surface area contributed by atoms with Crippen molar-refractivity contribution in [3.05, 3.63) is 60.7 Å². The first-order valence-electron chi connectivity index (χ1n) is 4.99. The maximum Gasteiger partial charge on any atom is 2.00 e. The first-order valence-corrected chi connectivity index (χ1v) is 4.99. The number of nitrogens with one attached hydrogen (secondary N) is 1. The Labute approximate surface area is 134 Å². The molecule has 1 nitrogen and oxygen atoms in total. The van der Waals surface area contributed by atoms with Crippen LogP contribution in [0.4, 0.5) is 0 Å². The van der Waals surface area contributed by atoms with Crippen LogP contribution in [0.5, 0.6) is 0 Å². The van der Waals surface area contributed by atoms with E-state index in [9.17, 15) is 0 Å². The molecular formula is C14H10IMgN. The average Bonchev–Trinajstić information content (AvgIpc) is 2.74. The Kier molecular flexibility index (Phi) is 5.49. The van der Waals surface area contributed by atoms with Crippen LogP contribution in [0, 0.1) is 6.07 Å². The van der Waals surface area contributed by atoms with Crippen molar-refractivity contribution in [2.45, 2.75) is 0 Å². The standard InChI is InChI=1S/C14H10N.HI.Mg/c1-2-6-11(7-3-1)14-10-12-8-4-5-9-13(12)15-14;;/h1-9,15H;1H;/q-1;;+2/p-1. The van der Waals surface area contributed by atoms with E-state index < -0.39 is 0 Å². The van der Waals surface area contributed by atoms with Crippen LogP contribution in [0.3, 0.4) is 0 Å². The molecule has 0 atom stereocenters. The van der Waals surface area contributed by atoms with Gasteiger partial charge in [-0.1, -0.05) is 48.0 Å². The van der Waals surface area contributed by atoms with E-state index in [0.717, 1.165) is 16.6 Å². The number of aromatic amines is 1. The fraction of sp³-hybridized carbons (Fsp3) is 0. The van der Waals surface area contributed by atoms with E-state index in [0.29, 0.717) is 0 Å². The summed E-state index contributed by atoms with van der Waals surface area (Å²) in [5.74, 6) is 0. The smallest absolute Gasteiger partial charge is 1.00 e. The molecule has 1 aromatic heterocycles. The maximum atomic E-state index is 3.36. The minimum absolute atomic E-state index is 0. The summed E-state index contributed by atoms with van der Waals surface area (Å²) in [6.07, 6.45) is 0. The summed E-state index contributed by atoms with van der Waals surface area (Å²) in [7, 11) is 0. The fourth-order valence-electron chi connectivity index (χ4n) is 1.75. The third-order valence-corrected chi connectivity index (χ3v) is 2.51. The summed E-state index contributed by atoms with van der Waals surface area (Å²) < 4.78 is 0. The number of para-hydroxylation sites is 1. The molecule has 1 heterocycles. The number of H-pyrrole nitrogens is 1. The summed E-state index contributed by atoms with van der Waals surface area (Å²) in [5.41, 5.74) is 3.36. The second-order valence-electron chi connectivity index (χ2n) is 3.54. The predicted molar refractivity (Wildman–Crippen MR) is 68.3 cm³/mol. The van der Waals surface area contributed by atoms with Crippen molar-refractivity contribution in [1.82, 2.24) is 4.98 Å². The van der Waals surface area contributed by atoms with Crippen LogP contribution in [0.1, 0.15) is 0 Å². The van der Waals surface area contributed by atoms with E-state index >= 15 is 0 Å². The molecule has 3 heteroatoms. The van der Waals surface area contributed by atoms with Gasteiger partial charge in [0.25, 0.3) is 0 Å². The van der Waals surface area contributed by atoms with Gasteiger partial charge in [-0.05, 0) is 11.2 Å². The van der Waals surface area contributed by atoms with Crippen LogP contribution < -0.4 is 24.0 Å². The van der Waals surface area contributed by atoms with Gasteiger partial charge in [-0.3, -0.25) is 0 Å². The predicted octanol–water partition coefficient (Wildman–Crippen LogP) is 0.258. The molecule has 0 aliphatic rings. The van der Waals surface area contributed by atoms with Gasteiger partial charge in [-0.2, -0.15) is 0 Å². The molecule has 0 unspecified atom stereocenters.